The van der Waals surface area contributed by atoms with Crippen molar-refractivity contribution < 1.29 is 14.3 Å². The molecule has 2 aliphatic heterocycles. The minimum Gasteiger partial charge on any atom is -0.444 e. The summed E-state index contributed by atoms with van der Waals surface area (Å²) in [7, 11) is 1.77. The molecule has 1 aromatic rings. The van der Waals surface area contributed by atoms with Crippen LogP contribution < -0.4 is 10.6 Å². The molecule has 1 atom stereocenters. The molecule has 2 fully saturated rings. The fraction of sp³-hybridized carbons (Fsp3) is 0.609. The topological polar surface area (TPSA) is 86.3 Å². The standard InChI is InChI=1S/C23H35N5O3.HI/c1-23(2,3)31-22(30)26-19-11-13-28(16-19)21(24-4)25-14-17-8-5-6-9-18(17)15-27-12-7-10-20(27)29;/h5-6,8-9,19H,7,10-16H2,1-4H3,(H,24,25)(H,26,30);1H. The second-order valence-corrected chi connectivity index (χ2v) is 9.17. The van der Waals surface area contributed by atoms with Crippen LogP contribution in [0, 0.1) is 0 Å². The van der Waals surface area contributed by atoms with Crippen molar-refractivity contribution >= 4 is 41.9 Å². The minimum absolute atomic E-state index is 0. The summed E-state index contributed by atoms with van der Waals surface area (Å²) in [6.45, 7) is 9.19. The van der Waals surface area contributed by atoms with Crippen LogP contribution in [0.2, 0.25) is 0 Å². The third-order valence-electron chi connectivity index (χ3n) is 5.51. The number of aliphatic imine (C=N–C) groups is 1. The van der Waals surface area contributed by atoms with E-state index < -0.39 is 5.60 Å². The number of amides is 2. The van der Waals surface area contributed by atoms with Crippen molar-refractivity contribution in [3.8, 4) is 0 Å². The molecule has 8 nitrogen and oxygen atoms in total. The number of nitrogens with zero attached hydrogens (tertiary/aromatic N) is 3. The van der Waals surface area contributed by atoms with Crippen LogP contribution in [0.15, 0.2) is 29.3 Å². The van der Waals surface area contributed by atoms with Crippen molar-refractivity contribution in [1.29, 1.82) is 0 Å². The highest BCUT2D eigenvalue weighted by atomic mass is 127. The molecular weight excluding hydrogens is 521 g/mol. The SMILES string of the molecule is CN=C(NCc1ccccc1CN1CCCC1=O)N1CCC(NC(=O)OC(C)(C)C)C1.I. The van der Waals surface area contributed by atoms with Crippen LogP contribution in [0.25, 0.3) is 0 Å². The van der Waals surface area contributed by atoms with Gasteiger partial charge >= 0.3 is 6.09 Å². The van der Waals surface area contributed by atoms with Crippen LogP contribution in [-0.2, 0) is 22.6 Å². The Morgan fingerprint density at radius 3 is 2.56 bits per heavy atom. The Hall–Kier alpha value is -2.04. The van der Waals surface area contributed by atoms with Gasteiger partial charge in [-0.2, -0.15) is 0 Å². The summed E-state index contributed by atoms with van der Waals surface area (Å²) in [5, 5.41) is 6.39. The van der Waals surface area contributed by atoms with Crippen molar-refractivity contribution in [3.05, 3.63) is 35.4 Å². The van der Waals surface area contributed by atoms with E-state index in [9.17, 15) is 9.59 Å². The molecular formula is C23H36IN5O3. The lowest BCUT2D eigenvalue weighted by Gasteiger charge is -2.24. The molecule has 0 spiro atoms. The lowest BCUT2D eigenvalue weighted by atomic mass is 10.1. The second-order valence-electron chi connectivity index (χ2n) is 9.17. The lowest BCUT2D eigenvalue weighted by Crippen LogP contribution is -2.44. The number of carbonyl (C=O) groups is 2. The van der Waals surface area contributed by atoms with Gasteiger partial charge in [-0.25, -0.2) is 4.79 Å². The zero-order valence-electron chi connectivity index (χ0n) is 19.5. The molecule has 3 rings (SSSR count). The zero-order chi connectivity index (χ0) is 22.4. The number of rotatable bonds is 5. The molecule has 1 aromatic carbocycles. The number of hydrogen-bond donors (Lipinski definition) is 2. The summed E-state index contributed by atoms with van der Waals surface area (Å²) in [5.74, 6) is 1.04. The summed E-state index contributed by atoms with van der Waals surface area (Å²) in [6, 6.07) is 8.24. The molecule has 2 aliphatic rings. The molecule has 178 valence electrons. The van der Waals surface area contributed by atoms with E-state index in [4.69, 9.17) is 4.74 Å². The molecule has 2 amide bonds. The maximum absolute atomic E-state index is 12.0. The molecule has 2 saturated heterocycles. The molecule has 2 heterocycles. The van der Waals surface area contributed by atoms with Gasteiger partial charge in [0.05, 0.1) is 6.04 Å². The van der Waals surface area contributed by atoms with Gasteiger partial charge in [0.25, 0.3) is 0 Å². The highest BCUT2D eigenvalue weighted by Crippen LogP contribution is 2.18. The van der Waals surface area contributed by atoms with Gasteiger partial charge in [-0.05, 0) is 44.7 Å². The van der Waals surface area contributed by atoms with Crippen LogP contribution in [-0.4, -0.2) is 66.1 Å². The number of carbonyl (C=O) groups excluding carboxylic acids is 2. The molecule has 9 heteroatoms. The second kappa shape index (κ2) is 11.7. The zero-order valence-corrected chi connectivity index (χ0v) is 21.8. The summed E-state index contributed by atoms with van der Waals surface area (Å²) >= 11 is 0. The first kappa shape index (κ1) is 26.2. The fourth-order valence-corrected chi connectivity index (χ4v) is 4.01. The third-order valence-corrected chi connectivity index (χ3v) is 5.51. The first-order chi connectivity index (χ1) is 14.7. The maximum Gasteiger partial charge on any atom is 0.407 e. The molecule has 0 aromatic heterocycles. The first-order valence-electron chi connectivity index (χ1n) is 11.0. The van der Waals surface area contributed by atoms with E-state index in [1.54, 1.807) is 7.05 Å². The van der Waals surface area contributed by atoms with Crippen LogP contribution in [0.5, 0.6) is 0 Å². The number of hydrogen-bond acceptors (Lipinski definition) is 4. The number of benzene rings is 1. The molecule has 1 unspecified atom stereocenters. The van der Waals surface area contributed by atoms with E-state index in [1.165, 1.54) is 0 Å². The number of likely N-dealkylation sites (tertiary alicyclic amines) is 2. The average molecular weight is 557 g/mol. The van der Waals surface area contributed by atoms with Gasteiger partial charge in [-0.3, -0.25) is 9.79 Å². The normalized spacial score (nSPS) is 19.1. The van der Waals surface area contributed by atoms with Gasteiger partial charge in [-0.1, -0.05) is 24.3 Å². The number of halogens is 1. The fourth-order valence-electron chi connectivity index (χ4n) is 4.01. The Morgan fingerprint density at radius 1 is 1.22 bits per heavy atom. The lowest BCUT2D eigenvalue weighted by molar-refractivity contribution is -0.128. The molecule has 0 radical (unpaired) electrons. The van der Waals surface area contributed by atoms with Crippen molar-refractivity contribution in [2.75, 3.05) is 26.7 Å². The summed E-state index contributed by atoms with van der Waals surface area (Å²) in [6.07, 6.45) is 2.06. The van der Waals surface area contributed by atoms with E-state index in [0.29, 0.717) is 26.1 Å². The van der Waals surface area contributed by atoms with Gasteiger partial charge in [0.1, 0.15) is 5.60 Å². The maximum atomic E-state index is 12.0. The predicted molar refractivity (Wildman–Crippen MR) is 136 cm³/mol. The van der Waals surface area contributed by atoms with Crippen LogP contribution in [0.4, 0.5) is 4.79 Å². The molecule has 2 N–H and O–H groups in total. The average Bonchev–Trinajstić information content (AvgIpc) is 3.31. The van der Waals surface area contributed by atoms with Gasteiger partial charge in [0, 0.05) is 46.2 Å². The Morgan fingerprint density at radius 2 is 1.94 bits per heavy atom. The minimum atomic E-state index is -0.507. The quantitative estimate of drug-likeness (QED) is 0.330. The van der Waals surface area contributed by atoms with E-state index in [2.05, 4.69) is 32.7 Å². The monoisotopic (exact) mass is 557 g/mol. The van der Waals surface area contributed by atoms with Gasteiger partial charge < -0.3 is 25.2 Å². The van der Waals surface area contributed by atoms with E-state index in [-0.39, 0.29) is 42.0 Å². The highest BCUT2D eigenvalue weighted by Gasteiger charge is 2.28. The Kier molecular flexibility index (Phi) is 9.60. The Balaban J connectivity index is 0.00000363. The van der Waals surface area contributed by atoms with Crippen molar-refractivity contribution in [3.63, 3.8) is 0 Å². The van der Waals surface area contributed by atoms with Crippen LogP contribution >= 0.6 is 24.0 Å². The van der Waals surface area contributed by atoms with E-state index in [0.717, 1.165) is 43.0 Å². The summed E-state index contributed by atoms with van der Waals surface area (Å²) < 4.78 is 5.36. The van der Waals surface area contributed by atoms with Gasteiger partial charge in [0.2, 0.25) is 5.91 Å². The highest BCUT2D eigenvalue weighted by molar-refractivity contribution is 14.0. The number of alkyl carbamates (subject to hydrolysis) is 1. The summed E-state index contributed by atoms with van der Waals surface area (Å²) in [5.41, 5.74) is 1.81. The third kappa shape index (κ3) is 7.53. The van der Waals surface area contributed by atoms with Crippen molar-refractivity contribution in [2.24, 2.45) is 4.99 Å². The van der Waals surface area contributed by atoms with E-state index in [1.807, 2.05) is 37.8 Å². The predicted octanol–water partition coefficient (Wildman–Crippen LogP) is 3.10. The molecule has 0 saturated carbocycles. The largest absolute Gasteiger partial charge is 0.444 e. The van der Waals surface area contributed by atoms with Crippen LogP contribution in [0.1, 0.15) is 51.2 Å². The summed E-state index contributed by atoms with van der Waals surface area (Å²) in [4.78, 5) is 32.6. The van der Waals surface area contributed by atoms with Crippen molar-refractivity contribution in [1.82, 2.24) is 20.4 Å². The Labute approximate surface area is 208 Å². The number of guanidine groups is 1. The van der Waals surface area contributed by atoms with Crippen LogP contribution in [0.3, 0.4) is 0 Å². The molecule has 32 heavy (non-hydrogen) atoms. The molecule has 0 aliphatic carbocycles. The number of ether oxygens (including phenoxy) is 1. The van der Waals surface area contributed by atoms with Crippen molar-refractivity contribution in [2.45, 2.75) is 64.8 Å². The molecule has 0 bridgehead atoms. The van der Waals surface area contributed by atoms with Gasteiger partial charge in [-0.15, -0.1) is 24.0 Å². The van der Waals surface area contributed by atoms with E-state index >= 15 is 0 Å². The van der Waals surface area contributed by atoms with Gasteiger partial charge in [0.15, 0.2) is 5.96 Å². The first-order valence-corrected chi connectivity index (χ1v) is 11.0. The Bertz CT molecular complexity index is 824. The smallest absolute Gasteiger partial charge is 0.407 e. The number of nitrogens with one attached hydrogen (secondary N) is 2.